The summed E-state index contributed by atoms with van der Waals surface area (Å²) in [5.41, 5.74) is 4.19. The molecule has 8 nitrogen and oxygen atoms in total. The van der Waals surface area contributed by atoms with Gasteiger partial charge in [0.1, 0.15) is 23.0 Å². The summed E-state index contributed by atoms with van der Waals surface area (Å²) in [4.78, 5) is 36.6. The first kappa shape index (κ1) is 25.0. The van der Waals surface area contributed by atoms with Crippen molar-refractivity contribution in [2.45, 2.75) is 19.4 Å². The second kappa shape index (κ2) is 11.1. The molecule has 8 heteroatoms. The van der Waals surface area contributed by atoms with Crippen LogP contribution >= 0.6 is 0 Å². The first-order valence-electron chi connectivity index (χ1n) is 12.5. The molecule has 0 spiro atoms. The van der Waals surface area contributed by atoms with E-state index in [2.05, 4.69) is 27.4 Å². The molecule has 1 aliphatic heterocycles. The van der Waals surface area contributed by atoms with Crippen molar-refractivity contribution < 1.29 is 14.3 Å². The minimum absolute atomic E-state index is 0.140. The molecule has 4 aromatic rings. The maximum atomic E-state index is 12.3. The molecular weight excluding hydrogens is 478 g/mol. The summed E-state index contributed by atoms with van der Waals surface area (Å²) in [5, 5.41) is 3.36. The van der Waals surface area contributed by atoms with Gasteiger partial charge in [-0.15, -0.1) is 0 Å². The lowest BCUT2D eigenvalue weighted by Crippen LogP contribution is -2.24. The second-order valence-electron chi connectivity index (χ2n) is 9.35. The number of likely N-dealkylation sites (tertiary alicyclic amines) is 1. The largest absolute Gasteiger partial charge is 0.455 e. The van der Waals surface area contributed by atoms with Crippen LogP contribution in [0.4, 0.5) is 11.5 Å². The van der Waals surface area contributed by atoms with Crippen LogP contribution in [0.15, 0.2) is 85.2 Å². The van der Waals surface area contributed by atoms with E-state index in [1.54, 1.807) is 26.2 Å². The van der Waals surface area contributed by atoms with E-state index in [-0.39, 0.29) is 11.8 Å². The van der Waals surface area contributed by atoms with E-state index in [0.29, 0.717) is 36.0 Å². The van der Waals surface area contributed by atoms with Gasteiger partial charge in [0, 0.05) is 56.6 Å². The van der Waals surface area contributed by atoms with Gasteiger partial charge in [0.2, 0.25) is 5.91 Å². The van der Waals surface area contributed by atoms with Crippen molar-refractivity contribution in [1.29, 1.82) is 0 Å². The predicted molar refractivity (Wildman–Crippen MR) is 146 cm³/mol. The Bertz CT molecular complexity index is 1420. The minimum Gasteiger partial charge on any atom is -0.455 e. The zero-order valence-corrected chi connectivity index (χ0v) is 21.4. The summed E-state index contributed by atoms with van der Waals surface area (Å²) in [6.45, 7) is 1.16. The SMILES string of the molecule is CN(C)C(=O)c1ccc(Oc2ccc(Nc3ccc(-c4ccccc4)cn3)cc2CN2CCCC2=O)cn1. The van der Waals surface area contributed by atoms with Crippen molar-refractivity contribution in [2.75, 3.05) is 26.0 Å². The van der Waals surface area contributed by atoms with Crippen LogP contribution in [0.5, 0.6) is 11.5 Å². The number of nitrogens with zero attached hydrogens (tertiary/aromatic N) is 4. The van der Waals surface area contributed by atoms with Gasteiger partial charge in [0.25, 0.3) is 5.91 Å². The van der Waals surface area contributed by atoms with Crippen molar-refractivity contribution in [3.05, 3.63) is 96.4 Å². The number of ether oxygens (including phenoxy) is 1. The lowest BCUT2D eigenvalue weighted by molar-refractivity contribution is -0.128. The molecule has 0 saturated carbocycles. The predicted octanol–water partition coefficient (Wildman–Crippen LogP) is 5.50. The normalized spacial score (nSPS) is 12.9. The van der Waals surface area contributed by atoms with E-state index in [0.717, 1.165) is 35.3 Å². The second-order valence-corrected chi connectivity index (χ2v) is 9.35. The first-order chi connectivity index (χ1) is 18.5. The Morgan fingerprint density at radius 3 is 2.47 bits per heavy atom. The number of hydrogen-bond acceptors (Lipinski definition) is 6. The highest BCUT2D eigenvalue weighted by Gasteiger charge is 2.22. The van der Waals surface area contributed by atoms with Gasteiger partial charge in [0.15, 0.2) is 0 Å². The molecule has 0 radical (unpaired) electrons. The maximum Gasteiger partial charge on any atom is 0.271 e. The van der Waals surface area contributed by atoms with Crippen LogP contribution < -0.4 is 10.1 Å². The molecule has 1 saturated heterocycles. The Morgan fingerprint density at radius 2 is 1.82 bits per heavy atom. The van der Waals surface area contributed by atoms with Crippen molar-refractivity contribution >= 4 is 23.3 Å². The third kappa shape index (κ3) is 5.81. The van der Waals surface area contributed by atoms with Crippen molar-refractivity contribution in [1.82, 2.24) is 19.8 Å². The van der Waals surface area contributed by atoms with Gasteiger partial charge < -0.3 is 19.9 Å². The van der Waals surface area contributed by atoms with E-state index in [9.17, 15) is 9.59 Å². The molecule has 0 unspecified atom stereocenters. The molecule has 0 bridgehead atoms. The van der Waals surface area contributed by atoms with Gasteiger partial charge in [-0.3, -0.25) is 9.59 Å². The number of anilines is 2. The molecule has 0 aliphatic carbocycles. The molecule has 0 atom stereocenters. The third-order valence-electron chi connectivity index (χ3n) is 6.33. The smallest absolute Gasteiger partial charge is 0.271 e. The van der Waals surface area contributed by atoms with Crippen molar-refractivity contribution in [3.63, 3.8) is 0 Å². The van der Waals surface area contributed by atoms with Crippen LogP contribution in [0.25, 0.3) is 11.1 Å². The summed E-state index contributed by atoms with van der Waals surface area (Å²) < 4.78 is 6.15. The molecule has 1 fully saturated rings. The van der Waals surface area contributed by atoms with Crippen LogP contribution in [-0.2, 0) is 11.3 Å². The van der Waals surface area contributed by atoms with Gasteiger partial charge >= 0.3 is 0 Å². The Balaban J connectivity index is 1.36. The number of carbonyl (C=O) groups excluding carboxylic acids is 2. The number of nitrogens with one attached hydrogen (secondary N) is 1. The molecule has 1 N–H and O–H groups in total. The standard InChI is InChI=1S/C30H29N5O3/c1-34(2)30(37)26-13-12-25(19-31-26)38-27-14-11-24(17-23(27)20-35-16-6-9-29(35)36)33-28-15-10-22(18-32-28)21-7-4-3-5-8-21/h3-5,7-8,10-15,17-19H,6,9,16,20H2,1-2H3,(H,32,33). The average molecular weight is 508 g/mol. The lowest BCUT2D eigenvalue weighted by atomic mass is 10.1. The summed E-state index contributed by atoms with van der Waals surface area (Å²) in [6.07, 6.45) is 4.80. The average Bonchev–Trinajstić information content (AvgIpc) is 3.35. The van der Waals surface area contributed by atoms with Gasteiger partial charge in [-0.05, 0) is 54.4 Å². The van der Waals surface area contributed by atoms with Gasteiger partial charge in [-0.1, -0.05) is 30.3 Å². The Labute approximate surface area is 221 Å². The summed E-state index contributed by atoms with van der Waals surface area (Å²) in [5.74, 6) is 1.81. The molecule has 192 valence electrons. The van der Waals surface area contributed by atoms with Crippen LogP contribution in [0.1, 0.15) is 28.9 Å². The first-order valence-corrected chi connectivity index (χ1v) is 12.5. The topological polar surface area (TPSA) is 87.7 Å². The van der Waals surface area contributed by atoms with Crippen molar-refractivity contribution in [2.24, 2.45) is 0 Å². The molecule has 2 amide bonds. The molecule has 38 heavy (non-hydrogen) atoms. The van der Waals surface area contributed by atoms with Crippen LogP contribution in [0.3, 0.4) is 0 Å². The summed E-state index contributed by atoms with van der Waals surface area (Å²) in [7, 11) is 3.37. The van der Waals surface area contributed by atoms with Crippen LogP contribution in [0.2, 0.25) is 0 Å². The number of hydrogen-bond donors (Lipinski definition) is 1. The summed E-state index contributed by atoms with van der Waals surface area (Å²) in [6, 6.07) is 23.2. The van der Waals surface area contributed by atoms with E-state index in [1.807, 2.05) is 59.6 Å². The molecular formula is C30H29N5O3. The fourth-order valence-electron chi connectivity index (χ4n) is 4.30. The van der Waals surface area contributed by atoms with Crippen molar-refractivity contribution in [3.8, 4) is 22.6 Å². The van der Waals surface area contributed by atoms with Crippen LogP contribution in [0, 0.1) is 0 Å². The van der Waals surface area contributed by atoms with E-state index in [4.69, 9.17) is 4.74 Å². The number of benzene rings is 2. The zero-order valence-electron chi connectivity index (χ0n) is 21.4. The lowest BCUT2D eigenvalue weighted by Gasteiger charge is -2.19. The van der Waals surface area contributed by atoms with Gasteiger partial charge in [0.05, 0.1) is 6.20 Å². The fraction of sp³-hybridized carbons (Fsp3) is 0.200. The number of amides is 2. The van der Waals surface area contributed by atoms with Gasteiger partial charge in [-0.25, -0.2) is 9.97 Å². The molecule has 2 aromatic heterocycles. The maximum absolute atomic E-state index is 12.3. The number of carbonyl (C=O) groups is 2. The highest BCUT2D eigenvalue weighted by Crippen LogP contribution is 2.31. The highest BCUT2D eigenvalue weighted by molar-refractivity contribution is 5.91. The number of pyridine rings is 2. The Kier molecular flexibility index (Phi) is 7.31. The fourth-order valence-corrected chi connectivity index (χ4v) is 4.30. The zero-order chi connectivity index (χ0) is 26.5. The van der Waals surface area contributed by atoms with Crippen LogP contribution in [-0.4, -0.2) is 52.2 Å². The molecule has 3 heterocycles. The molecule has 5 rings (SSSR count). The molecule has 2 aromatic carbocycles. The monoisotopic (exact) mass is 507 g/mol. The van der Waals surface area contributed by atoms with E-state index >= 15 is 0 Å². The summed E-state index contributed by atoms with van der Waals surface area (Å²) >= 11 is 0. The number of aromatic nitrogens is 2. The number of rotatable bonds is 8. The van der Waals surface area contributed by atoms with E-state index in [1.165, 1.54) is 11.1 Å². The Hall–Kier alpha value is -4.72. The molecule has 1 aliphatic rings. The third-order valence-corrected chi connectivity index (χ3v) is 6.33. The highest BCUT2D eigenvalue weighted by atomic mass is 16.5. The minimum atomic E-state index is -0.175. The quantitative estimate of drug-likeness (QED) is 0.339. The van der Waals surface area contributed by atoms with E-state index < -0.39 is 0 Å². The van der Waals surface area contributed by atoms with Gasteiger partial charge in [-0.2, -0.15) is 0 Å². The Morgan fingerprint density at radius 1 is 0.974 bits per heavy atom.